The van der Waals surface area contributed by atoms with Crippen molar-refractivity contribution in [3.05, 3.63) is 12.4 Å². The largest absolute Gasteiger partial charge is 0.465 e. The Bertz CT molecular complexity index is 878. The molecule has 0 amide bonds. The van der Waals surface area contributed by atoms with E-state index in [0.717, 1.165) is 4.40 Å². The summed E-state index contributed by atoms with van der Waals surface area (Å²) < 4.78 is 40.3. The summed E-state index contributed by atoms with van der Waals surface area (Å²) >= 11 is 0. The molecule has 0 atom stereocenters. The number of rotatable bonds is 8. The number of hydrogen-bond acceptors (Lipinski definition) is 10. The molecule has 0 radical (unpaired) electrons. The van der Waals surface area contributed by atoms with Gasteiger partial charge in [-0.1, -0.05) is 0 Å². The van der Waals surface area contributed by atoms with Gasteiger partial charge in [-0.25, -0.2) is 18.2 Å². The summed E-state index contributed by atoms with van der Waals surface area (Å²) in [5.41, 5.74) is 0.0294. The number of imidazole rings is 1. The second kappa shape index (κ2) is 7.88. The maximum Gasteiger partial charge on any atom is 0.344 e. The molecular formula is C13H16N4O7S. The van der Waals surface area contributed by atoms with E-state index in [1.165, 1.54) is 12.4 Å². The molecule has 12 heteroatoms. The first-order chi connectivity index (χ1) is 11.9. The summed E-state index contributed by atoms with van der Waals surface area (Å²) in [6.45, 7) is 3.03. The highest BCUT2D eigenvalue weighted by atomic mass is 32.2. The zero-order valence-electron chi connectivity index (χ0n) is 13.5. The minimum Gasteiger partial charge on any atom is -0.465 e. The van der Waals surface area contributed by atoms with Crippen molar-refractivity contribution in [2.75, 3.05) is 25.6 Å². The minimum absolute atomic E-state index is 0.0294. The zero-order valence-corrected chi connectivity index (χ0v) is 14.4. The first-order valence-corrected chi connectivity index (χ1v) is 8.90. The molecule has 0 spiro atoms. The van der Waals surface area contributed by atoms with Crippen LogP contribution in [0.5, 0.6) is 5.88 Å². The van der Waals surface area contributed by atoms with Crippen LogP contribution in [-0.4, -0.2) is 65.5 Å². The van der Waals surface area contributed by atoms with Crippen LogP contribution < -0.4 is 4.74 Å². The summed E-state index contributed by atoms with van der Waals surface area (Å²) in [4.78, 5) is 26.7. The van der Waals surface area contributed by atoms with E-state index in [1.807, 2.05) is 0 Å². The highest BCUT2D eigenvalue weighted by molar-refractivity contribution is 7.91. The Hall–Kier alpha value is -2.76. The quantitative estimate of drug-likeness (QED) is 0.552. The van der Waals surface area contributed by atoms with Crippen molar-refractivity contribution in [3.63, 3.8) is 0 Å². The molecule has 2 aromatic heterocycles. The van der Waals surface area contributed by atoms with E-state index >= 15 is 0 Å². The van der Waals surface area contributed by atoms with Gasteiger partial charge in [0.05, 0.1) is 13.2 Å². The average molecular weight is 372 g/mol. The molecule has 0 N–H and O–H groups in total. The molecule has 2 aromatic rings. The lowest BCUT2D eigenvalue weighted by Crippen LogP contribution is -2.22. The number of fused-ring (bicyclic) bond motifs is 1. The van der Waals surface area contributed by atoms with Gasteiger partial charge in [0.25, 0.3) is 11.0 Å². The normalized spacial score (nSPS) is 11.3. The van der Waals surface area contributed by atoms with E-state index in [2.05, 4.69) is 19.9 Å². The fraction of sp³-hybridized carbons (Fsp3) is 0.462. The van der Waals surface area contributed by atoms with E-state index in [-0.39, 0.29) is 24.7 Å². The van der Waals surface area contributed by atoms with E-state index in [0.29, 0.717) is 0 Å². The Morgan fingerprint density at radius 3 is 2.48 bits per heavy atom. The molecule has 0 aromatic carbocycles. The highest BCUT2D eigenvalue weighted by Gasteiger charge is 2.27. The predicted molar refractivity (Wildman–Crippen MR) is 81.6 cm³/mol. The smallest absolute Gasteiger partial charge is 0.344 e. The Morgan fingerprint density at radius 1 is 1.12 bits per heavy atom. The Morgan fingerprint density at radius 2 is 1.80 bits per heavy atom. The lowest BCUT2D eigenvalue weighted by molar-refractivity contribution is -0.145. The molecule has 2 heterocycles. The fourth-order valence-electron chi connectivity index (χ4n) is 1.85. The molecule has 0 saturated heterocycles. The Kier molecular flexibility index (Phi) is 5.85. The SMILES string of the molecule is CCOC(=O)COc1nnc(S(=O)(=O)CC(=O)OCC)n2ccnc12. The third kappa shape index (κ3) is 4.41. The van der Waals surface area contributed by atoms with Gasteiger partial charge < -0.3 is 14.2 Å². The summed E-state index contributed by atoms with van der Waals surface area (Å²) in [5.74, 6) is -2.55. The summed E-state index contributed by atoms with van der Waals surface area (Å²) in [7, 11) is -4.11. The lowest BCUT2D eigenvalue weighted by atomic mass is 10.6. The van der Waals surface area contributed by atoms with Crippen molar-refractivity contribution in [3.8, 4) is 5.88 Å². The first kappa shape index (κ1) is 18.6. The molecule has 0 aliphatic rings. The van der Waals surface area contributed by atoms with Gasteiger partial charge in [0.15, 0.2) is 12.4 Å². The standard InChI is InChI=1S/C13H16N4O7S/c1-3-22-9(18)7-24-12-11-14-5-6-17(11)13(16-15-12)25(20,21)8-10(19)23-4-2/h5-6H,3-4,7-8H2,1-2H3. The second-order valence-electron chi connectivity index (χ2n) is 4.57. The van der Waals surface area contributed by atoms with Crippen LogP contribution in [0.4, 0.5) is 0 Å². The predicted octanol–water partition coefficient (Wildman–Crippen LogP) is -0.597. The van der Waals surface area contributed by atoms with Gasteiger partial charge in [-0.05, 0) is 13.8 Å². The van der Waals surface area contributed by atoms with Crippen LogP contribution in [-0.2, 0) is 28.9 Å². The van der Waals surface area contributed by atoms with Gasteiger partial charge in [0, 0.05) is 12.4 Å². The van der Waals surface area contributed by atoms with E-state index in [9.17, 15) is 18.0 Å². The van der Waals surface area contributed by atoms with E-state index < -0.39 is 39.3 Å². The fourth-order valence-corrected chi connectivity index (χ4v) is 2.99. The van der Waals surface area contributed by atoms with Crippen LogP contribution in [0, 0.1) is 0 Å². The van der Waals surface area contributed by atoms with Crippen LogP contribution in [0.1, 0.15) is 13.8 Å². The zero-order chi connectivity index (χ0) is 18.4. The number of ether oxygens (including phenoxy) is 3. The Balaban J connectivity index is 2.29. The van der Waals surface area contributed by atoms with E-state index in [1.54, 1.807) is 13.8 Å². The lowest BCUT2D eigenvalue weighted by Gasteiger charge is -2.08. The van der Waals surface area contributed by atoms with Gasteiger partial charge in [-0.2, -0.15) is 0 Å². The number of nitrogens with zero attached hydrogens (tertiary/aromatic N) is 4. The molecular weight excluding hydrogens is 356 g/mol. The van der Waals surface area contributed by atoms with Gasteiger partial charge in [0.1, 0.15) is 0 Å². The molecule has 25 heavy (non-hydrogen) atoms. The summed E-state index contributed by atoms with van der Waals surface area (Å²) in [6, 6.07) is 0. The van der Waals surface area contributed by atoms with Crippen LogP contribution in [0.2, 0.25) is 0 Å². The van der Waals surface area contributed by atoms with Gasteiger partial charge >= 0.3 is 11.9 Å². The van der Waals surface area contributed by atoms with Crippen LogP contribution in [0.15, 0.2) is 17.6 Å². The molecule has 0 aliphatic carbocycles. The summed E-state index contributed by atoms with van der Waals surface area (Å²) in [6.07, 6.45) is 2.62. The van der Waals surface area contributed by atoms with Crippen LogP contribution >= 0.6 is 0 Å². The monoisotopic (exact) mass is 372 g/mol. The maximum absolute atomic E-state index is 12.3. The van der Waals surface area contributed by atoms with Crippen molar-refractivity contribution in [1.29, 1.82) is 0 Å². The number of sulfone groups is 1. The van der Waals surface area contributed by atoms with Crippen molar-refractivity contribution >= 4 is 27.4 Å². The third-order valence-corrected chi connectivity index (χ3v) is 4.24. The third-order valence-electron chi connectivity index (χ3n) is 2.79. The second-order valence-corrected chi connectivity index (χ2v) is 6.45. The van der Waals surface area contributed by atoms with Crippen LogP contribution in [0.25, 0.3) is 5.65 Å². The Labute approximate surface area is 142 Å². The number of esters is 2. The highest BCUT2D eigenvalue weighted by Crippen LogP contribution is 2.18. The molecule has 0 bridgehead atoms. The van der Waals surface area contributed by atoms with Crippen molar-refractivity contribution < 1.29 is 32.2 Å². The molecule has 2 rings (SSSR count). The average Bonchev–Trinajstić information content (AvgIpc) is 3.02. The van der Waals surface area contributed by atoms with E-state index in [4.69, 9.17) is 9.47 Å². The molecule has 0 aliphatic heterocycles. The topological polar surface area (TPSA) is 139 Å². The first-order valence-electron chi connectivity index (χ1n) is 7.25. The molecule has 0 fully saturated rings. The van der Waals surface area contributed by atoms with Crippen molar-refractivity contribution in [2.24, 2.45) is 0 Å². The molecule has 0 saturated carbocycles. The maximum atomic E-state index is 12.3. The summed E-state index contributed by atoms with van der Waals surface area (Å²) in [5, 5.41) is 6.73. The van der Waals surface area contributed by atoms with Crippen molar-refractivity contribution in [1.82, 2.24) is 19.6 Å². The minimum atomic E-state index is -4.11. The molecule has 136 valence electrons. The number of carbonyl (C=O) groups is 2. The van der Waals surface area contributed by atoms with Gasteiger partial charge in [-0.15, -0.1) is 10.2 Å². The number of carbonyl (C=O) groups excluding carboxylic acids is 2. The van der Waals surface area contributed by atoms with Gasteiger partial charge in [0.2, 0.25) is 15.5 Å². The molecule has 11 nitrogen and oxygen atoms in total. The van der Waals surface area contributed by atoms with Crippen LogP contribution in [0.3, 0.4) is 0 Å². The number of hydrogen-bond donors (Lipinski definition) is 0. The van der Waals surface area contributed by atoms with Gasteiger partial charge in [-0.3, -0.25) is 9.20 Å². The number of aromatic nitrogens is 4. The van der Waals surface area contributed by atoms with Crippen molar-refractivity contribution in [2.45, 2.75) is 19.0 Å². The molecule has 0 unspecified atom stereocenters.